The fraction of sp³-hybridized carbons (Fsp3) is 0.185. The zero-order chi connectivity index (χ0) is 22.3. The summed E-state index contributed by atoms with van der Waals surface area (Å²) in [5.74, 6) is -0.656. The van der Waals surface area contributed by atoms with Crippen molar-refractivity contribution in [3.63, 3.8) is 0 Å². The fourth-order valence-electron chi connectivity index (χ4n) is 4.04. The minimum Gasteiger partial charge on any atom is -0.350 e. The van der Waals surface area contributed by atoms with Crippen LogP contribution in [0.15, 0.2) is 66.4 Å². The van der Waals surface area contributed by atoms with E-state index in [2.05, 4.69) is 11.4 Å². The van der Waals surface area contributed by atoms with E-state index in [0.29, 0.717) is 17.0 Å². The molecule has 0 fully saturated rings. The van der Waals surface area contributed by atoms with Gasteiger partial charge in [-0.05, 0) is 75.1 Å². The van der Waals surface area contributed by atoms with Crippen LogP contribution in [0.4, 0.5) is 11.4 Å². The molecule has 3 aromatic rings. The third-order valence-electron chi connectivity index (χ3n) is 5.53. The van der Waals surface area contributed by atoms with Gasteiger partial charge < -0.3 is 5.32 Å². The Labute approximate surface area is 183 Å². The Morgan fingerprint density at radius 2 is 1.26 bits per heavy atom. The van der Waals surface area contributed by atoms with E-state index in [4.69, 9.17) is 0 Å². The zero-order valence-electron chi connectivity index (χ0n) is 18.5. The van der Waals surface area contributed by atoms with Crippen LogP contribution in [0.25, 0.3) is 5.57 Å². The average Bonchev–Trinajstić information content (AvgIpc) is 2.94. The van der Waals surface area contributed by atoms with E-state index in [1.54, 1.807) is 0 Å². The molecule has 156 valence electrons. The Morgan fingerprint density at radius 3 is 1.87 bits per heavy atom. The van der Waals surface area contributed by atoms with E-state index in [1.807, 2.05) is 89.2 Å². The number of imide groups is 1. The van der Waals surface area contributed by atoms with E-state index in [-0.39, 0.29) is 11.8 Å². The first-order valence-electron chi connectivity index (χ1n) is 10.4. The molecule has 1 aliphatic rings. The van der Waals surface area contributed by atoms with Gasteiger partial charge in [0.2, 0.25) is 0 Å². The van der Waals surface area contributed by atoms with Gasteiger partial charge in [-0.3, -0.25) is 9.59 Å². The summed E-state index contributed by atoms with van der Waals surface area (Å²) in [5, 5.41) is 3.28. The van der Waals surface area contributed by atoms with E-state index >= 15 is 0 Å². The number of carbonyl (C=O) groups is 2. The quantitative estimate of drug-likeness (QED) is 0.568. The highest BCUT2D eigenvalue weighted by Crippen LogP contribution is 2.35. The summed E-state index contributed by atoms with van der Waals surface area (Å²) < 4.78 is 0. The summed E-state index contributed by atoms with van der Waals surface area (Å²) in [6.45, 7) is 9.94. The van der Waals surface area contributed by atoms with E-state index < -0.39 is 0 Å². The summed E-state index contributed by atoms with van der Waals surface area (Å²) >= 11 is 0. The Kier molecular flexibility index (Phi) is 5.24. The van der Waals surface area contributed by atoms with Crippen LogP contribution < -0.4 is 10.2 Å². The van der Waals surface area contributed by atoms with Crippen molar-refractivity contribution < 1.29 is 9.59 Å². The van der Waals surface area contributed by atoms with E-state index in [1.165, 1.54) is 4.90 Å². The molecule has 1 N–H and O–H groups in total. The second-order valence-corrected chi connectivity index (χ2v) is 8.35. The lowest BCUT2D eigenvalue weighted by Crippen LogP contribution is -2.32. The van der Waals surface area contributed by atoms with Crippen LogP contribution in [0, 0.1) is 34.6 Å². The van der Waals surface area contributed by atoms with Gasteiger partial charge in [-0.15, -0.1) is 0 Å². The molecule has 1 heterocycles. The van der Waals surface area contributed by atoms with Gasteiger partial charge in [0.05, 0.1) is 11.3 Å². The minimum absolute atomic E-state index is 0.306. The maximum absolute atomic E-state index is 13.6. The predicted molar refractivity (Wildman–Crippen MR) is 126 cm³/mol. The highest BCUT2D eigenvalue weighted by atomic mass is 16.2. The second-order valence-electron chi connectivity index (χ2n) is 8.35. The molecule has 31 heavy (non-hydrogen) atoms. The van der Waals surface area contributed by atoms with Gasteiger partial charge in [0.15, 0.2) is 0 Å². The van der Waals surface area contributed by atoms with Gasteiger partial charge in [-0.1, -0.05) is 53.6 Å². The first-order chi connectivity index (χ1) is 14.7. The normalized spacial score (nSPS) is 13.9. The molecule has 0 aromatic heterocycles. The number of nitrogens with zero attached hydrogens (tertiary/aromatic N) is 1. The van der Waals surface area contributed by atoms with Crippen LogP contribution in [0.2, 0.25) is 0 Å². The number of rotatable bonds is 4. The summed E-state index contributed by atoms with van der Waals surface area (Å²) in [6.07, 6.45) is 0. The van der Waals surface area contributed by atoms with Gasteiger partial charge in [0.1, 0.15) is 5.70 Å². The number of anilines is 2. The molecule has 0 spiro atoms. The van der Waals surface area contributed by atoms with Crippen molar-refractivity contribution in [2.24, 2.45) is 0 Å². The van der Waals surface area contributed by atoms with Gasteiger partial charge >= 0.3 is 0 Å². The molecule has 2 amide bonds. The van der Waals surface area contributed by atoms with Crippen molar-refractivity contribution in [2.75, 3.05) is 10.2 Å². The monoisotopic (exact) mass is 410 g/mol. The summed E-state index contributed by atoms with van der Waals surface area (Å²) in [5.41, 5.74) is 8.08. The SMILES string of the molecule is Cc1ccc(C2=C(Nc3ccc(C)cc3C)C(=O)N(c3cc(C)cc(C)c3)C2=O)cc1. The predicted octanol–water partition coefficient (Wildman–Crippen LogP) is 5.63. The topological polar surface area (TPSA) is 49.4 Å². The Morgan fingerprint density at radius 1 is 0.645 bits per heavy atom. The van der Waals surface area contributed by atoms with Gasteiger partial charge in [0.25, 0.3) is 11.8 Å². The number of hydrogen-bond acceptors (Lipinski definition) is 3. The van der Waals surface area contributed by atoms with Crippen molar-refractivity contribution >= 4 is 28.8 Å². The molecule has 1 aliphatic heterocycles. The maximum Gasteiger partial charge on any atom is 0.282 e. The van der Waals surface area contributed by atoms with Crippen molar-refractivity contribution in [3.05, 3.63) is 99.7 Å². The van der Waals surface area contributed by atoms with Crippen molar-refractivity contribution in [1.82, 2.24) is 0 Å². The van der Waals surface area contributed by atoms with Gasteiger partial charge in [0, 0.05) is 5.69 Å². The first kappa shape index (κ1) is 20.6. The molecular formula is C27H26N2O2. The van der Waals surface area contributed by atoms with Crippen LogP contribution in [0.1, 0.15) is 33.4 Å². The number of carbonyl (C=O) groups excluding carboxylic acids is 2. The maximum atomic E-state index is 13.6. The van der Waals surface area contributed by atoms with Crippen LogP contribution >= 0.6 is 0 Å². The lowest BCUT2D eigenvalue weighted by molar-refractivity contribution is -0.120. The number of hydrogen-bond donors (Lipinski definition) is 1. The molecule has 0 saturated heterocycles. The summed E-state index contributed by atoms with van der Waals surface area (Å²) in [4.78, 5) is 28.4. The van der Waals surface area contributed by atoms with Crippen molar-refractivity contribution in [3.8, 4) is 0 Å². The smallest absolute Gasteiger partial charge is 0.282 e. The standard InChI is InChI=1S/C27H26N2O2/c1-16-6-9-21(10-7-16)24-25(28-23-11-8-17(2)13-20(23)5)27(31)29(26(24)30)22-14-18(3)12-19(4)15-22/h6-15,28H,1-5H3. The zero-order valence-corrected chi connectivity index (χ0v) is 18.5. The van der Waals surface area contributed by atoms with Crippen LogP contribution in [0.5, 0.6) is 0 Å². The van der Waals surface area contributed by atoms with E-state index in [0.717, 1.165) is 39.1 Å². The largest absolute Gasteiger partial charge is 0.350 e. The molecule has 4 nitrogen and oxygen atoms in total. The highest BCUT2D eigenvalue weighted by Gasteiger charge is 2.40. The third kappa shape index (κ3) is 3.89. The summed E-state index contributed by atoms with van der Waals surface area (Å²) in [6, 6.07) is 19.4. The van der Waals surface area contributed by atoms with Crippen molar-refractivity contribution in [1.29, 1.82) is 0 Å². The molecule has 4 heteroatoms. The second kappa shape index (κ2) is 7.88. The Bertz CT molecular complexity index is 1220. The third-order valence-corrected chi connectivity index (χ3v) is 5.53. The van der Waals surface area contributed by atoms with Crippen LogP contribution in [-0.2, 0) is 9.59 Å². The van der Waals surface area contributed by atoms with Crippen LogP contribution in [-0.4, -0.2) is 11.8 Å². The molecule has 3 aromatic carbocycles. The molecule has 0 saturated carbocycles. The highest BCUT2D eigenvalue weighted by molar-refractivity contribution is 6.46. The lowest BCUT2D eigenvalue weighted by atomic mass is 10.0. The molecule has 0 atom stereocenters. The molecule has 0 unspecified atom stereocenters. The lowest BCUT2D eigenvalue weighted by Gasteiger charge is -2.17. The molecule has 0 aliphatic carbocycles. The molecule has 0 bridgehead atoms. The summed E-state index contributed by atoms with van der Waals surface area (Å²) in [7, 11) is 0. The van der Waals surface area contributed by atoms with Crippen molar-refractivity contribution in [2.45, 2.75) is 34.6 Å². The number of aryl methyl sites for hydroxylation is 5. The Balaban J connectivity index is 1.85. The Hall–Kier alpha value is -3.66. The number of benzene rings is 3. The fourth-order valence-corrected chi connectivity index (χ4v) is 4.04. The molecule has 0 radical (unpaired) electrons. The number of amides is 2. The first-order valence-corrected chi connectivity index (χ1v) is 10.4. The van der Waals surface area contributed by atoms with Gasteiger partial charge in [-0.25, -0.2) is 4.90 Å². The molecule has 4 rings (SSSR count). The number of nitrogens with one attached hydrogen (secondary N) is 1. The molecular weight excluding hydrogens is 384 g/mol. The average molecular weight is 411 g/mol. The van der Waals surface area contributed by atoms with Gasteiger partial charge in [-0.2, -0.15) is 0 Å². The van der Waals surface area contributed by atoms with Crippen LogP contribution in [0.3, 0.4) is 0 Å². The minimum atomic E-state index is -0.342. The van der Waals surface area contributed by atoms with E-state index in [9.17, 15) is 9.59 Å².